The van der Waals surface area contributed by atoms with E-state index in [2.05, 4.69) is 6.92 Å². The quantitative estimate of drug-likeness (QED) is 0.902. The lowest BCUT2D eigenvalue weighted by Crippen LogP contribution is -2.11. The minimum Gasteiger partial charge on any atom is -0.389 e. The van der Waals surface area contributed by atoms with Crippen molar-refractivity contribution in [1.82, 2.24) is 0 Å². The molecule has 0 fully saturated rings. The Bertz CT molecular complexity index is 578. The molecular weight excluding hydrogens is 253 g/mol. The van der Waals surface area contributed by atoms with Gasteiger partial charge in [-0.05, 0) is 48.7 Å². The van der Waals surface area contributed by atoms with Crippen LogP contribution in [-0.2, 0) is 6.42 Å². The van der Waals surface area contributed by atoms with Crippen molar-refractivity contribution in [3.05, 3.63) is 59.4 Å². The first-order valence-corrected chi connectivity index (χ1v) is 6.83. The average molecular weight is 273 g/mol. The van der Waals surface area contributed by atoms with E-state index in [0.717, 1.165) is 12.1 Å². The van der Waals surface area contributed by atoms with Crippen molar-refractivity contribution in [2.24, 2.45) is 0 Å². The van der Waals surface area contributed by atoms with Crippen LogP contribution in [0.25, 0.3) is 0 Å². The van der Waals surface area contributed by atoms with Gasteiger partial charge >= 0.3 is 0 Å². The van der Waals surface area contributed by atoms with Gasteiger partial charge in [0.2, 0.25) is 0 Å². The van der Waals surface area contributed by atoms with Crippen LogP contribution in [0, 0.1) is 5.82 Å². The smallest absolute Gasteiger partial charge is 0.147 e. The standard InChI is InChI=1S/C17H20FNO/c1-4-13-5-8-15(9-6-13)19(3)17-10-7-14(12(2)20)11-16(17)18/h5-12,20H,4H2,1-3H3/t12-/m0/s1. The fourth-order valence-corrected chi connectivity index (χ4v) is 2.15. The largest absolute Gasteiger partial charge is 0.389 e. The first-order valence-electron chi connectivity index (χ1n) is 6.83. The predicted molar refractivity (Wildman–Crippen MR) is 80.9 cm³/mol. The summed E-state index contributed by atoms with van der Waals surface area (Å²) in [5, 5.41) is 9.47. The van der Waals surface area contributed by atoms with Crippen molar-refractivity contribution < 1.29 is 9.50 Å². The summed E-state index contributed by atoms with van der Waals surface area (Å²) in [6.07, 6.45) is 0.328. The SMILES string of the molecule is CCc1ccc(N(C)c2ccc([C@H](C)O)cc2F)cc1. The lowest BCUT2D eigenvalue weighted by Gasteiger charge is -2.21. The molecule has 0 unspecified atom stereocenters. The molecular formula is C17H20FNO. The summed E-state index contributed by atoms with van der Waals surface area (Å²) in [6, 6.07) is 12.9. The van der Waals surface area contributed by atoms with Gasteiger partial charge in [0.05, 0.1) is 11.8 Å². The Kier molecular flexibility index (Phi) is 4.40. The van der Waals surface area contributed by atoms with Crippen molar-refractivity contribution in [2.75, 3.05) is 11.9 Å². The van der Waals surface area contributed by atoms with E-state index in [9.17, 15) is 9.50 Å². The maximum absolute atomic E-state index is 14.1. The molecule has 0 radical (unpaired) electrons. The molecule has 0 heterocycles. The second kappa shape index (κ2) is 6.06. The first kappa shape index (κ1) is 14.5. The Morgan fingerprint density at radius 3 is 2.30 bits per heavy atom. The lowest BCUT2D eigenvalue weighted by atomic mass is 10.1. The number of hydrogen-bond donors (Lipinski definition) is 1. The summed E-state index contributed by atoms with van der Waals surface area (Å²) in [5.74, 6) is -0.328. The Morgan fingerprint density at radius 1 is 1.15 bits per heavy atom. The molecule has 2 aromatic carbocycles. The van der Waals surface area contributed by atoms with Crippen molar-refractivity contribution >= 4 is 11.4 Å². The van der Waals surface area contributed by atoms with Crippen molar-refractivity contribution in [1.29, 1.82) is 0 Å². The van der Waals surface area contributed by atoms with Crippen LogP contribution >= 0.6 is 0 Å². The van der Waals surface area contributed by atoms with Crippen molar-refractivity contribution in [3.63, 3.8) is 0 Å². The number of rotatable bonds is 4. The predicted octanol–water partition coefficient (Wildman–Crippen LogP) is 4.21. The molecule has 106 valence electrons. The zero-order chi connectivity index (χ0) is 14.7. The Balaban J connectivity index is 2.30. The maximum Gasteiger partial charge on any atom is 0.147 e. The molecule has 0 aliphatic heterocycles. The monoisotopic (exact) mass is 273 g/mol. The summed E-state index contributed by atoms with van der Waals surface area (Å²) >= 11 is 0. The number of anilines is 2. The molecule has 0 aromatic heterocycles. The fraction of sp³-hybridized carbons (Fsp3) is 0.294. The number of aliphatic hydroxyl groups excluding tert-OH is 1. The molecule has 0 aliphatic rings. The topological polar surface area (TPSA) is 23.5 Å². The van der Waals surface area contributed by atoms with Gasteiger partial charge < -0.3 is 10.0 Å². The van der Waals surface area contributed by atoms with Crippen LogP contribution in [0.2, 0.25) is 0 Å². The Labute approximate surface area is 119 Å². The van der Waals surface area contributed by atoms with Crippen LogP contribution in [0.4, 0.5) is 15.8 Å². The molecule has 2 nitrogen and oxygen atoms in total. The van der Waals surface area contributed by atoms with E-state index in [4.69, 9.17) is 0 Å². The molecule has 0 amide bonds. The van der Waals surface area contributed by atoms with Gasteiger partial charge in [-0.1, -0.05) is 25.1 Å². The van der Waals surface area contributed by atoms with Crippen molar-refractivity contribution in [2.45, 2.75) is 26.4 Å². The second-order valence-electron chi connectivity index (χ2n) is 4.97. The third-order valence-electron chi connectivity index (χ3n) is 3.55. The summed E-state index contributed by atoms with van der Waals surface area (Å²) in [4.78, 5) is 1.81. The Morgan fingerprint density at radius 2 is 1.80 bits per heavy atom. The van der Waals surface area contributed by atoms with Crippen LogP contribution in [0.5, 0.6) is 0 Å². The van der Waals surface area contributed by atoms with Crippen LogP contribution in [-0.4, -0.2) is 12.2 Å². The van der Waals surface area contributed by atoms with Crippen LogP contribution in [0.3, 0.4) is 0 Å². The van der Waals surface area contributed by atoms with Crippen LogP contribution in [0.1, 0.15) is 31.1 Å². The highest BCUT2D eigenvalue weighted by Crippen LogP contribution is 2.28. The molecule has 2 rings (SSSR count). The molecule has 0 saturated heterocycles. The van der Waals surface area contributed by atoms with Gasteiger partial charge in [-0.3, -0.25) is 0 Å². The highest BCUT2D eigenvalue weighted by atomic mass is 19.1. The normalized spacial score (nSPS) is 12.2. The van der Waals surface area contributed by atoms with E-state index in [0.29, 0.717) is 11.3 Å². The highest BCUT2D eigenvalue weighted by Gasteiger charge is 2.11. The maximum atomic E-state index is 14.1. The van der Waals surface area contributed by atoms with E-state index in [1.54, 1.807) is 24.0 Å². The third-order valence-corrected chi connectivity index (χ3v) is 3.55. The van der Waals surface area contributed by atoms with Gasteiger partial charge in [-0.15, -0.1) is 0 Å². The van der Waals surface area contributed by atoms with E-state index < -0.39 is 6.10 Å². The van der Waals surface area contributed by atoms with Crippen molar-refractivity contribution in [3.8, 4) is 0 Å². The summed E-state index contributed by atoms with van der Waals surface area (Å²) in [7, 11) is 1.83. The summed E-state index contributed by atoms with van der Waals surface area (Å²) in [6.45, 7) is 3.73. The molecule has 0 aliphatic carbocycles. The van der Waals surface area contributed by atoms with E-state index >= 15 is 0 Å². The molecule has 1 atom stereocenters. The number of nitrogens with zero attached hydrogens (tertiary/aromatic N) is 1. The minimum atomic E-state index is -0.660. The number of hydrogen-bond acceptors (Lipinski definition) is 2. The molecule has 0 spiro atoms. The molecule has 0 saturated carbocycles. The van der Waals surface area contributed by atoms with Gasteiger partial charge in [0.15, 0.2) is 0 Å². The minimum absolute atomic E-state index is 0.328. The number of halogens is 1. The van der Waals surface area contributed by atoms with Gasteiger partial charge in [-0.25, -0.2) is 4.39 Å². The van der Waals surface area contributed by atoms with Crippen LogP contribution < -0.4 is 4.90 Å². The number of benzene rings is 2. The third kappa shape index (κ3) is 2.99. The average Bonchev–Trinajstić information content (AvgIpc) is 2.46. The Hall–Kier alpha value is -1.87. The highest BCUT2D eigenvalue weighted by molar-refractivity contribution is 5.63. The molecule has 3 heteroatoms. The zero-order valence-corrected chi connectivity index (χ0v) is 12.1. The van der Waals surface area contributed by atoms with E-state index in [-0.39, 0.29) is 5.82 Å². The van der Waals surface area contributed by atoms with E-state index in [1.807, 2.05) is 31.3 Å². The number of aryl methyl sites for hydroxylation is 1. The number of aliphatic hydroxyl groups is 1. The molecule has 1 N–H and O–H groups in total. The van der Waals surface area contributed by atoms with Gasteiger partial charge in [0.25, 0.3) is 0 Å². The lowest BCUT2D eigenvalue weighted by molar-refractivity contribution is 0.199. The fourth-order valence-electron chi connectivity index (χ4n) is 2.15. The zero-order valence-electron chi connectivity index (χ0n) is 12.1. The first-order chi connectivity index (χ1) is 9.52. The molecule has 0 bridgehead atoms. The van der Waals surface area contributed by atoms with E-state index in [1.165, 1.54) is 11.6 Å². The van der Waals surface area contributed by atoms with Crippen LogP contribution in [0.15, 0.2) is 42.5 Å². The van der Waals surface area contributed by atoms with Gasteiger partial charge in [0, 0.05) is 12.7 Å². The summed E-state index contributed by atoms with van der Waals surface area (Å²) < 4.78 is 14.1. The second-order valence-corrected chi connectivity index (χ2v) is 4.97. The molecule has 2 aromatic rings. The van der Waals surface area contributed by atoms with Gasteiger partial charge in [-0.2, -0.15) is 0 Å². The summed E-state index contributed by atoms with van der Waals surface area (Å²) in [5.41, 5.74) is 3.28. The van der Waals surface area contributed by atoms with Gasteiger partial charge in [0.1, 0.15) is 5.82 Å². The molecule has 20 heavy (non-hydrogen) atoms.